The van der Waals surface area contributed by atoms with Gasteiger partial charge in [0.25, 0.3) is 0 Å². The van der Waals surface area contributed by atoms with Crippen molar-refractivity contribution in [3.63, 3.8) is 0 Å². The van der Waals surface area contributed by atoms with Gasteiger partial charge in [-0.05, 0) is 76.7 Å². The standard InChI is InChI=1S/C35H58O4/c1-3-5-7-9-11-13-15-16-18-21-25-29-33(30-26-22-20-23-27-31-34(36)37)39-35(38)32-28-24-19-17-14-12-10-8-6-4-2/h5,7-8,10-11,13,16,18,25,29,33H,3-4,6,9,12,14-15,17,19-24,26-28,30-32H2,1-2H3,(H,36,37)/b7-5-,10-8-,13-11-,18-16-,29-25-. The van der Waals surface area contributed by atoms with Crippen LogP contribution < -0.4 is 0 Å². The third-order valence-electron chi connectivity index (χ3n) is 6.44. The number of carboxylic acid groups (broad SMARTS) is 1. The van der Waals surface area contributed by atoms with Gasteiger partial charge in [0.15, 0.2) is 0 Å². The molecule has 0 aliphatic rings. The summed E-state index contributed by atoms with van der Waals surface area (Å²) < 4.78 is 5.83. The first-order chi connectivity index (χ1) is 19.1. The van der Waals surface area contributed by atoms with Crippen LogP contribution in [0.5, 0.6) is 0 Å². The zero-order valence-electron chi connectivity index (χ0n) is 25.2. The summed E-state index contributed by atoms with van der Waals surface area (Å²) in [6, 6.07) is 0. The predicted octanol–water partition coefficient (Wildman–Crippen LogP) is 10.6. The van der Waals surface area contributed by atoms with Crippen molar-refractivity contribution in [2.24, 2.45) is 0 Å². The Labute approximate surface area is 240 Å². The van der Waals surface area contributed by atoms with Crippen LogP contribution in [0, 0.1) is 0 Å². The maximum absolute atomic E-state index is 12.5. The molecule has 0 saturated heterocycles. The first kappa shape index (κ1) is 36.6. The van der Waals surface area contributed by atoms with Crippen molar-refractivity contribution >= 4 is 11.9 Å². The Balaban J connectivity index is 4.33. The average molecular weight is 543 g/mol. The Hall–Kier alpha value is -2.36. The van der Waals surface area contributed by atoms with Crippen molar-refractivity contribution in [2.75, 3.05) is 0 Å². The molecule has 0 aromatic rings. The number of aliphatic carboxylic acids is 1. The summed E-state index contributed by atoms with van der Waals surface area (Å²) >= 11 is 0. The van der Waals surface area contributed by atoms with Crippen LogP contribution in [0.25, 0.3) is 0 Å². The first-order valence-electron chi connectivity index (χ1n) is 15.8. The summed E-state index contributed by atoms with van der Waals surface area (Å²) in [4.78, 5) is 23.1. The third-order valence-corrected chi connectivity index (χ3v) is 6.44. The summed E-state index contributed by atoms with van der Waals surface area (Å²) in [7, 11) is 0. The van der Waals surface area contributed by atoms with Crippen molar-refractivity contribution in [3.8, 4) is 0 Å². The molecule has 0 saturated carbocycles. The summed E-state index contributed by atoms with van der Waals surface area (Å²) in [5, 5.41) is 8.76. The molecule has 0 aliphatic carbocycles. The van der Waals surface area contributed by atoms with Gasteiger partial charge in [-0.3, -0.25) is 9.59 Å². The highest BCUT2D eigenvalue weighted by molar-refractivity contribution is 5.69. The fourth-order valence-electron chi connectivity index (χ4n) is 4.15. The summed E-state index contributed by atoms with van der Waals surface area (Å²) in [5.74, 6) is -0.813. The van der Waals surface area contributed by atoms with E-state index >= 15 is 0 Å². The lowest BCUT2D eigenvalue weighted by Crippen LogP contribution is -2.16. The van der Waals surface area contributed by atoms with Crippen LogP contribution in [0.4, 0.5) is 0 Å². The van der Waals surface area contributed by atoms with E-state index in [1.165, 1.54) is 32.1 Å². The zero-order chi connectivity index (χ0) is 28.7. The maximum Gasteiger partial charge on any atom is 0.306 e. The lowest BCUT2D eigenvalue weighted by atomic mass is 10.1. The molecular weight excluding hydrogens is 484 g/mol. The van der Waals surface area contributed by atoms with E-state index < -0.39 is 5.97 Å². The van der Waals surface area contributed by atoms with Gasteiger partial charge < -0.3 is 9.84 Å². The summed E-state index contributed by atoms with van der Waals surface area (Å²) in [5.41, 5.74) is 0. The van der Waals surface area contributed by atoms with E-state index in [1.54, 1.807) is 0 Å². The number of carboxylic acids is 1. The molecule has 0 aromatic heterocycles. The average Bonchev–Trinajstić information content (AvgIpc) is 2.91. The van der Waals surface area contributed by atoms with Gasteiger partial charge in [-0.25, -0.2) is 0 Å². The predicted molar refractivity (Wildman–Crippen MR) is 167 cm³/mol. The molecule has 1 atom stereocenters. The molecule has 4 nitrogen and oxygen atoms in total. The maximum atomic E-state index is 12.5. The number of carbonyl (C=O) groups excluding carboxylic acids is 1. The highest BCUT2D eigenvalue weighted by Gasteiger charge is 2.11. The number of ether oxygens (including phenoxy) is 1. The number of esters is 1. The Kier molecular flexibility index (Phi) is 28.4. The molecule has 1 N–H and O–H groups in total. The first-order valence-corrected chi connectivity index (χ1v) is 15.8. The van der Waals surface area contributed by atoms with E-state index in [0.29, 0.717) is 6.42 Å². The lowest BCUT2D eigenvalue weighted by Gasteiger charge is -2.14. The van der Waals surface area contributed by atoms with E-state index in [4.69, 9.17) is 9.84 Å². The molecule has 4 heteroatoms. The Morgan fingerprint density at radius 2 is 1.15 bits per heavy atom. The van der Waals surface area contributed by atoms with E-state index in [1.807, 2.05) is 6.08 Å². The minimum absolute atomic E-state index is 0.0913. The molecule has 0 spiro atoms. The second-order valence-electron chi connectivity index (χ2n) is 10.3. The van der Waals surface area contributed by atoms with Crippen LogP contribution >= 0.6 is 0 Å². The van der Waals surface area contributed by atoms with Crippen molar-refractivity contribution in [1.82, 2.24) is 0 Å². The largest absolute Gasteiger partial charge is 0.481 e. The van der Waals surface area contributed by atoms with Crippen molar-refractivity contribution in [2.45, 2.75) is 148 Å². The van der Waals surface area contributed by atoms with Gasteiger partial charge >= 0.3 is 11.9 Å². The minimum atomic E-state index is -0.721. The zero-order valence-corrected chi connectivity index (χ0v) is 25.2. The van der Waals surface area contributed by atoms with Crippen molar-refractivity contribution < 1.29 is 19.4 Å². The molecule has 0 aliphatic heterocycles. The molecule has 0 amide bonds. The molecule has 0 heterocycles. The van der Waals surface area contributed by atoms with Gasteiger partial charge in [0.2, 0.25) is 0 Å². The number of unbranched alkanes of at least 4 members (excludes halogenated alkanes) is 10. The Morgan fingerprint density at radius 3 is 1.79 bits per heavy atom. The topological polar surface area (TPSA) is 63.6 Å². The van der Waals surface area contributed by atoms with Crippen LogP contribution in [0.2, 0.25) is 0 Å². The van der Waals surface area contributed by atoms with Crippen LogP contribution in [-0.4, -0.2) is 23.1 Å². The van der Waals surface area contributed by atoms with Crippen LogP contribution in [0.15, 0.2) is 60.8 Å². The number of hydrogen-bond acceptors (Lipinski definition) is 3. The van der Waals surface area contributed by atoms with Gasteiger partial charge in [-0.15, -0.1) is 0 Å². The fraction of sp³-hybridized carbons (Fsp3) is 0.657. The molecule has 39 heavy (non-hydrogen) atoms. The minimum Gasteiger partial charge on any atom is -0.481 e. The number of hydrogen-bond donors (Lipinski definition) is 1. The highest BCUT2D eigenvalue weighted by Crippen LogP contribution is 2.14. The van der Waals surface area contributed by atoms with Crippen LogP contribution in [0.1, 0.15) is 142 Å². The van der Waals surface area contributed by atoms with Gasteiger partial charge in [0, 0.05) is 12.8 Å². The molecular formula is C35H58O4. The normalized spacial score (nSPS) is 13.1. The Morgan fingerprint density at radius 1 is 0.615 bits per heavy atom. The second kappa shape index (κ2) is 30.2. The molecule has 0 fully saturated rings. The second-order valence-corrected chi connectivity index (χ2v) is 10.3. The molecule has 0 radical (unpaired) electrons. The fourth-order valence-corrected chi connectivity index (χ4v) is 4.15. The SMILES string of the molecule is CC/C=C\C/C=C\C/C=C\C/C=C\C(CCCCCCCC(=O)O)OC(=O)CCCCCCC/C=C\CCC. The number of allylic oxidation sites excluding steroid dienone is 9. The van der Waals surface area contributed by atoms with Gasteiger partial charge in [-0.1, -0.05) is 113 Å². The van der Waals surface area contributed by atoms with Crippen LogP contribution in [0.3, 0.4) is 0 Å². The van der Waals surface area contributed by atoms with Gasteiger partial charge in [0.05, 0.1) is 0 Å². The molecule has 0 aromatic carbocycles. The number of carbonyl (C=O) groups is 2. The molecule has 0 bridgehead atoms. The molecule has 0 rings (SSSR count). The van der Waals surface area contributed by atoms with Crippen molar-refractivity contribution in [3.05, 3.63) is 60.8 Å². The quantitative estimate of drug-likeness (QED) is 0.0637. The summed E-state index contributed by atoms with van der Waals surface area (Å²) in [6.07, 6.45) is 40.9. The van der Waals surface area contributed by atoms with E-state index in [0.717, 1.165) is 83.5 Å². The lowest BCUT2D eigenvalue weighted by molar-refractivity contribution is -0.147. The van der Waals surface area contributed by atoms with Gasteiger partial charge in [-0.2, -0.15) is 0 Å². The van der Waals surface area contributed by atoms with Crippen LogP contribution in [-0.2, 0) is 14.3 Å². The number of rotatable bonds is 27. The highest BCUT2D eigenvalue weighted by atomic mass is 16.5. The van der Waals surface area contributed by atoms with E-state index in [-0.39, 0.29) is 18.5 Å². The summed E-state index contributed by atoms with van der Waals surface area (Å²) in [6.45, 7) is 4.35. The molecule has 1 unspecified atom stereocenters. The van der Waals surface area contributed by atoms with Gasteiger partial charge in [0.1, 0.15) is 6.10 Å². The van der Waals surface area contributed by atoms with E-state index in [9.17, 15) is 9.59 Å². The Bertz CT molecular complexity index is 714. The van der Waals surface area contributed by atoms with Crippen molar-refractivity contribution in [1.29, 1.82) is 0 Å². The third kappa shape index (κ3) is 30.0. The molecule has 222 valence electrons. The monoisotopic (exact) mass is 542 g/mol. The van der Waals surface area contributed by atoms with E-state index in [2.05, 4.69) is 68.5 Å². The smallest absolute Gasteiger partial charge is 0.306 e.